The van der Waals surface area contributed by atoms with E-state index in [1.807, 2.05) is 18.2 Å². The van der Waals surface area contributed by atoms with E-state index in [1.54, 1.807) is 11.1 Å². The fourth-order valence-corrected chi connectivity index (χ4v) is 2.56. The van der Waals surface area contributed by atoms with Gasteiger partial charge in [0.25, 0.3) is 17.6 Å². The fraction of sp³-hybridized carbons (Fsp3) is 0.467. The third-order valence-corrected chi connectivity index (χ3v) is 3.68. The SMILES string of the molecule is COCc1nc(C(=O)N2CCCN(c3ccccn3)CC2)no1. The number of nitrogens with zero attached hydrogens (tertiary/aromatic N) is 5. The minimum Gasteiger partial charge on any atom is -0.375 e. The fourth-order valence-electron chi connectivity index (χ4n) is 2.56. The maximum Gasteiger partial charge on any atom is 0.295 e. The molecule has 1 fully saturated rings. The van der Waals surface area contributed by atoms with Crippen LogP contribution in [0.4, 0.5) is 5.82 Å². The number of aromatic nitrogens is 3. The number of hydrogen-bond acceptors (Lipinski definition) is 7. The number of amides is 1. The third-order valence-electron chi connectivity index (χ3n) is 3.68. The number of hydrogen-bond donors (Lipinski definition) is 0. The van der Waals surface area contributed by atoms with Crippen LogP contribution in [0.1, 0.15) is 22.9 Å². The van der Waals surface area contributed by atoms with Crippen LogP contribution in [-0.4, -0.2) is 59.2 Å². The summed E-state index contributed by atoms with van der Waals surface area (Å²) >= 11 is 0. The highest BCUT2D eigenvalue weighted by atomic mass is 16.5. The van der Waals surface area contributed by atoms with E-state index in [1.165, 1.54) is 7.11 Å². The van der Waals surface area contributed by atoms with Crippen molar-refractivity contribution in [2.45, 2.75) is 13.0 Å². The number of methoxy groups -OCH3 is 1. The first-order valence-corrected chi connectivity index (χ1v) is 7.54. The largest absolute Gasteiger partial charge is 0.375 e. The molecule has 122 valence electrons. The van der Waals surface area contributed by atoms with Crippen molar-refractivity contribution in [3.05, 3.63) is 36.1 Å². The Morgan fingerprint density at radius 2 is 2.22 bits per heavy atom. The summed E-state index contributed by atoms with van der Waals surface area (Å²) in [6.45, 7) is 3.06. The summed E-state index contributed by atoms with van der Waals surface area (Å²) in [6.07, 6.45) is 2.64. The van der Waals surface area contributed by atoms with Gasteiger partial charge in [0, 0.05) is 39.5 Å². The molecule has 8 nitrogen and oxygen atoms in total. The molecule has 1 aliphatic heterocycles. The van der Waals surface area contributed by atoms with E-state index < -0.39 is 0 Å². The molecule has 23 heavy (non-hydrogen) atoms. The molecule has 3 rings (SSSR count). The van der Waals surface area contributed by atoms with Gasteiger partial charge in [0.15, 0.2) is 0 Å². The topological polar surface area (TPSA) is 84.6 Å². The molecule has 3 heterocycles. The lowest BCUT2D eigenvalue weighted by molar-refractivity contribution is 0.0751. The highest BCUT2D eigenvalue weighted by molar-refractivity contribution is 5.90. The van der Waals surface area contributed by atoms with Crippen LogP contribution in [0.15, 0.2) is 28.9 Å². The monoisotopic (exact) mass is 317 g/mol. The van der Waals surface area contributed by atoms with Crippen LogP contribution in [0.3, 0.4) is 0 Å². The molecule has 0 unspecified atom stereocenters. The zero-order valence-electron chi connectivity index (χ0n) is 13.0. The third kappa shape index (κ3) is 3.65. The number of pyridine rings is 1. The lowest BCUT2D eigenvalue weighted by Crippen LogP contribution is -2.36. The summed E-state index contributed by atoms with van der Waals surface area (Å²) in [5.74, 6) is 1.12. The van der Waals surface area contributed by atoms with Crippen molar-refractivity contribution < 1.29 is 14.1 Å². The summed E-state index contributed by atoms with van der Waals surface area (Å²) < 4.78 is 9.90. The predicted molar refractivity (Wildman–Crippen MR) is 82.0 cm³/mol. The number of anilines is 1. The molecule has 0 bridgehead atoms. The molecule has 0 N–H and O–H groups in total. The van der Waals surface area contributed by atoms with E-state index in [4.69, 9.17) is 9.26 Å². The van der Waals surface area contributed by atoms with Crippen molar-refractivity contribution in [2.24, 2.45) is 0 Å². The van der Waals surface area contributed by atoms with Crippen LogP contribution < -0.4 is 4.90 Å². The van der Waals surface area contributed by atoms with Crippen LogP contribution >= 0.6 is 0 Å². The Labute approximate surface area is 134 Å². The standard InChI is InChI=1S/C15H19N5O3/c1-22-11-13-17-14(18-23-13)15(21)20-8-4-7-19(9-10-20)12-5-2-3-6-16-12/h2-3,5-6H,4,7-11H2,1H3. The van der Waals surface area contributed by atoms with Crippen LogP contribution in [0.2, 0.25) is 0 Å². The minimum atomic E-state index is -0.209. The molecule has 1 amide bonds. The van der Waals surface area contributed by atoms with E-state index in [9.17, 15) is 4.79 Å². The summed E-state index contributed by atoms with van der Waals surface area (Å²) in [6, 6.07) is 5.84. The van der Waals surface area contributed by atoms with Crippen LogP contribution in [0.5, 0.6) is 0 Å². The average Bonchev–Trinajstić information content (AvgIpc) is 2.91. The van der Waals surface area contributed by atoms with Crippen molar-refractivity contribution in [3.8, 4) is 0 Å². The van der Waals surface area contributed by atoms with Gasteiger partial charge in [-0.15, -0.1) is 0 Å². The smallest absolute Gasteiger partial charge is 0.295 e. The predicted octanol–water partition coefficient (Wildman–Crippen LogP) is 0.964. The lowest BCUT2D eigenvalue weighted by Gasteiger charge is -2.22. The zero-order chi connectivity index (χ0) is 16.1. The maximum atomic E-state index is 12.5. The number of carbonyl (C=O) groups is 1. The maximum absolute atomic E-state index is 12.5. The molecular weight excluding hydrogens is 298 g/mol. The molecule has 1 aliphatic rings. The summed E-state index contributed by atoms with van der Waals surface area (Å²) in [4.78, 5) is 24.8. The first kappa shape index (κ1) is 15.4. The van der Waals surface area contributed by atoms with Crippen LogP contribution in [0, 0.1) is 0 Å². The highest BCUT2D eigenvalue weighted by Gasteiger charge is 2.24. The quantitative estimate of drug-likeness (QED) is 0.830. The van der Waals surface area contributed by atoms with Crippen LogP contribution in [-0.2, 0) is 11.3 Å². The van der Waals surface area contributed by atoms with Gasteiger partial charge in [0.05, 0.1) is 0 Å². The van der Waals surface area contributed by atoms with Crippen LogP contribution in [0.25, 0.3) is 0 Å². The molecule has 2 aromatic rings. The number of rotatable bonds is 4. The Morgan fingerprint density at radius 1 is 1.30 bits per heavy atom. The molecule has 0 atom stereocenters. The molecule has 2 aromatic heterocycles. The molecule has 1 saturated heterocycles. The summed E-state index contributed by atoms with van der Waals surface area (Å²) in [7, 11) is 1.53. The summed E-state index contributed by atoms with van der Waals surface area (Å²) in [5, 5.41) is 3.73. The molecule has 0 spiro atoms. The van der Waals surface area contributed by atoms with E-state index in [0.717, 1.165) is 25.3 Å². The van der Waals surface area contributed by atoms with Crippen molar-refractivity contribution in [1.29, 1.82) is 0 Å². The second kappa shape index (κ2) is 7.19. The Hall–Kier alpha value is -2.48. The molecule has 0 radical (unpaired) electrons. The lowest BCUT2D eigenvalue weighted by atomic mass is 10.3. The van der Waals surface area contributed by atoms with E-state index in [2.05, 4.69) is 20.0 Å². The Morgan fingerprint density at radius 3 is 3.00 bits per heavy atom. The zero-order valence-corrected chi connectivity index (χ0v) is 13.0. The van der Waals surface area contributed by atoms with Gasteiger partial charge in [-0.05, 0) is 18.6 Å². The van der Waals surface area contributed by atoms with Crippen molar-refractivity contribution >= 4 is 11.7 Å². The summed E-state index contributed by atoms with van der Waals surface area (Å²) in [5.41, 5.74) is 0. The molecule has 0 saturated carbocycles. The van der Waals surface area contributed by atoms with Gasteiger partial charge in [0.1, 0.15) is 12.4 Å². The Bertz CT molecular complexity index is 646. The second-order valence-electron chi connectivity index (χ2n) is 5.27. The van der Waals surface area contributed by atoms with E-state index in [0.29, 0.717) is 19.0 Å². The minimum absolute atomic E-state index is 0.0864. The normalized spacial score (nSPS) is 15.5. The number of carbonyl (C=O) groups excluding carboxylic acids is 1. The first-order chi connectivity index (χ1) is 11.3. The van der Waals surface area contributed by atoms with Gasteiger partial charge >= 0.3 is 0 Å². The molecular formula is C15H19N5O3. The molecule has 8 heteroatoms. The second-order valence-corrected chi connectivity index (χ2v) is 5.27. The molecule has 0 aromatic carbocycles. The van der Waals surface area contributed by atoms with Gasteiger partial charge in [-0.3, -0.25) is 4.79 Å². The van der Waals surface area contributed by atoms with Gasteiger partial charge in [-0.25, -0.2) is 4.98 Å². The van der Waals surface area contributed by atoms with Gasteiger partial charge in [-0.2, -0.15) is 4.98 Å². The number of ether oxygens (including phenoxy) is 1. The molecule has 0 aliphatic carbocycles. The Balaban J connectivity index is 1.64. The van der Waals surface area contributed by atoms with Crippen molar-refractivity contribution in [1.82, 2.24) is 20.0 Å². The van der Waals surface area contributed by atoms with E-state index >= 15 is 0 Å². The van der Waals surface area contributed by atoms with Gasteiger partial charge in [-0.1, -0.05) is 11.2 Å². The first-order valence-electron chi connectivity index (χ1n) is 7.54. The highest BCUT2D eigenvalue weighted by Crippen LogP contribution is 2.14. The van der Waals surface area contributed by atoms with Crippen molar-refractivity contribution in [2.75, 3.05) is 38.2 Å². The Kier molecular flexibility index (Phi) is 4.82. The van der Waals surface area contributed by atoms with E-state index in [-0.39, 0.29) is 18.3 Å². The average molecular weight is 317 g/mol. The van der Waals surface area contributed by atoms with Crippen molar-refractivity contribution in [3.63, 3.8) is 0 Å². The van der Waals surface area contributed by atoms with Gasteiger partial charge < -0.3 is 19.1 Å². The van der Waals surface area contributed by atoms with Gasteiger partial charge in [0.2, 0.25) is 0 Å².